The Morgan fingerprint density at radius 1 is 1.10 bits per heavy atom. The van der Waals surface area contributed by atoms with E-state index in [2.05, 4.69) is 10.5 Å². The van der Waals surface area contributed by atoms with Crippen LogP contribution >= 0.6 is 0 Å². The number of nitrogens with zero attached hydrogens (tertiary/aromatic N) is 3. The molecule has 2 heterocycles. The van der Waals surface area contributed by atoms with E-state index >= 15 is 0 Å². The molecule has 0 atom stereocenters. The smallest absolute Gasteiger partial charge is 0.259 e. The minimum atomic E-state index is -0.291. The van der Waals surface area contributed by atoms with Crippen molar-refractivity contribution in [3.05, 3.63) is 77.3 Å². The molecule has 0 saturated carbocycles. The van der Waals surface area contributed by atoms with Crippen LogP contribution < -0.4 is 10.1 Å². The van der Waals surface area contributed by atoms with Gasteiger partial charge in [-0.2, -0.15) is 5.10 Å². The lowest BCUT2D eigenvalue weighted by Crippen LogP contribution is -2.13. The fourth-order valence-corrected chi connectivity index (χ4v) is 3.20. The molecule has 0 saturated heterocycles. The van der Waals surface area contributed by atoms with Crippen LogP contribution in [0.5, 0.6) is 5.75 Å². The Balaban J connectivity index is 1.80. The molecule has 0 aliphatic rings. The van der Waals surface area contributed by atoms with Gasteiger partial charge in [-0.25, -0.2) is 4.68 Å². The van der Waals surface area contributed by atoms with E-state index < -0.39 is 0 Å². The number of rotatable bonds is 5. The van der Waals surface area contributed by atoms with Gasteiger partial charge in [0.15, 0.2) is 5.76 Å². The third-order valence-electron chi connectivity index (χ3n) is 4.87. The van der Waals surface area contributed by atoms with Crippen LogP contribution in [-0.4, -0.2) is 28.0 Å². The van der Waals surface area contributed by atoms with Crippen molar-refractivity contribution in [1.82, 2.24) is 14.9 Å². The van der Waals surface area contributed by atoms with Gasteiger partial charge in [0, 0.05) is 11.8 Å². The number of hydrogen-bond donors (Lipinski definition) is 1. The molecule has 0 radical (unpaired) electrons. The Hall–Kier alpha value is -3.87. The number of amides is 1. The molecular weight excluding hydrogens is 380 g/mol. The lowest BCUT2D eigenvalue weighted by Gasteiger charge is -2.06. The highest BCUT2D eigenvalue weighted by atomic mass is 16.5. The van der Waals surface area contributed by atoms with Crippen molar-refractivity contribution < 1.29 is 14.1 Å². The molecular formula is C23H22N4O3. The molecule has 0 unspecified atom stereocenters. The fraction of sp³-hybridized carbons (Fsp3) is 0.174. The highest BCUT2D eigenvalue weighted by molar-refractivity contribution is 6.08. The van der Waals surface area contributed by atoms with E-state index in [4.69, 9.17) is 14.4 Å². The van der Waals surface area contributed by atoms with Crippen LogP contribution in [0.2, 0.25) is 0 Å². The second kappa shape index (κ2) is 7.87. The van der Waals surface area contributed by atoms with Crippen LogP contribution in [0, 0.1) is 20.8 Å². The monoisotopic (exact) mass is 402 g/mol. The van der Waals surface area contributed by atoms with Gasteiger partial charge in [-0.3, -0.25) is 4.79 Å². The van der Waals surface area contributed by atoms with Gasteiger partial charge in [-0.05, 0) is 45.0 Å². The second-order valence-corrected chi connectivity index (χ2v) is 7.06. The Morgan fingerprint density at radius 2 is 1.87 bits per heavy atom. The standard InChI is InChI=1S/C23H22N4O3/c1-14-8-10-18(11-9-14)27-13-20(23(28)24-21-15(2)26-30-16(21)3)22(25-27)17-6-5-7-19(12-17)29-4/h5-13H,1-4H3,(H,24,28). The van der Waals surface area contributed by atoms with Gasteiger partial charge in [-0.15, -0.1) is 0 Å². The van der Waals surface area contributed by atoms with Gasteiger partial charge in [0.25, 0.3) is 5.91 Å². The summed E-state index contributed by atoms with van der Waals surface area (Å²) in [5.74, 6) is 0.949. The van der Waals surface area contributed by atoms with Crippen LogP contribution in [-0.2, 0) is 0 Å². The van der Waals surface area contributed by atoms with Crippen LogP contribution in [0.15, 0.2) is 59.3 Å². The van der Waals surface area contributed by atoms with Crippen molar-refractivity contribution in [3.63, 3.8) is 0 Å². The third kappa shape index (κ3) is 3.69. The summed E-state index contributed by atoms with van der Waals surface area (Å²) >= 11 is 0. The zero-order valence-corrected chi connectivity index (χ0v) is 17.3. The van der Waals surface area contributed by atoms with Crippen molar-refractivity contribution in [2.45, 2.75) is 20.8 Å². The molecule has 152 valence electrons. The van der Waals surface area contributed by atoms with E-state index in [0.717, 1.165) is 16.8 Å². The fourth-order valence-electron chi connectivity index (χ4n) is 3.20. The first-order chi connectivity index (χ1) is 14.5. The number of carbonyl (C=O) groups is 1. The largest absolute Gasteiger partial charge is 0.497 e. The SMILES string of the molecule is COc1cccc(-c2nn(-c3ccc(C)cc3)cc2C(=O)Nc2c(C)noc2C)c1. The number of ether oxygens (including phenoxy) is 1. The average molecular weight is 402 g/mol. The Bertz CT molecular complexity index is 1190. The van der Waals surface area contributed by atoms with Gasteiger partial charge < -0.3 is 14.6 Å². The van der Waals surface area contributed by atoms with Gasteiger partial charge in [0.05, 0.1) is 18.4 Å². The summed E-state index contributed by atoms with van der Waals surface area (Å²) < 4.78 is 12.2. The molecule has 7 heteroatoms. The second-order valence-electron chi connectivity index (χ2n) is 7.06. The Kier molecular flexibility index (Phi) is 5.10. The van der Waals surface area contributed by atoms with E-state index in [-0.39, 0.29) is 5.91 Å². The normalized spacial score (nSPS) is 10.8. The average Bonchev–Trinajstić information content (AvgIpc) is 3.34. The summed E-state index contributed by atoms with van der Waals surface area (Å²) in [4.78, 5) is 13.2. The summed E-state index contributed by atoms with van der Waals surface area (Å²) in [5.41, 5.74) is 4.97. The number of aryl methyl sites for hydroxylation is 3. The zero-order valence-electron chi connectivity index (χ0n) is 17.3. The maximum absolute atomic E-state index is 13.2. The Labute approximate surface area is 174 Å². The zero-order chi connectivity index (χ0) is 21.3. The van der Waals surface area contributed by atoms with Gasteiger partial charge in [-0.1, -0.05) is 35.0 Å². The molecule has 4 aromatic rings. The molecule has 1 N–H and O–H groups in total. The van der Waals surface area contributed by atoms with E-state index in [9.17, 15) is 4.79 Å². The highest BCUT2D eigenvalue weighted by Gasteiger charge is 2.21. The van der Waals surface area contributed by atoms with Crippen molar-refractivity contribution in [1.29, 1.82) is 0 Å². The third-order valence-corrected chi connectivity index (χ3v) is 4.87. The molecule has 0 aliphatic carbocycles. The van der Waals surface area contributed by atoms with Gasteiger partial charge in [0.1, 0.15) is 22.8 Å². The number of nitrogens with one attached hydrogen (secondary N) is 1. The molecule has 4 rings (SSSR count). The first-order valence-corrected chi connectivity index (χ1v) is 9.51. The maximum atomic E-state index is 13.2. The number of hydrogen-bond acceptors (Lipinski definition) is 5. The van der Waals surface area contributed by atoms with Gasteiger partial charge in [0.2, 0.25) is 0 Å². The molecule has 0 fully saturated rings. The van der Waals surface area contributed by atoms with Crippen molar-refractivity contribution in [2.24, 2.45) is 0 Å². The molecule has 1 amide bonds. The number of aromatic nitrogens is 3. The maximum Gasteiger partial charge on any atom is 0.259 e. The van der Waals surface area contributed by atoms with E-state index in [0.29, 0.717) is 34.1 Å². The summed E-state index contributed by atoms with van der Waals surface area (Å²) in [6.45, 7) is 5.57. The molecule has 0 spiro atoms. The van der Waals surface area contributed by atoms with Crippen molar-refractivity contribution in [2.75, 3.05) is 12.4 Å². The number of carbonyl (C=O) groups excluding carboxylic acids is 1. The predicted octanol–water partition coefficient (Wildman–Crippen LogP) is 4.71. The van der Waals surface area contributed by atoms with Crippen molar-refractivity contribution >= 4 is 11.6 Å². The lowest BCUT2D eigenvalue weighted by molar-refractivity contribution is 0.102. The van der Waals surface area contributed by atoms with E-state index in [1.165, 1.54) is 0 Å². The summed E-state index contributed by atoms with van der Waals surface area (Å²) in [6, 6.07) is 15.4. The van der Waals surface area contributed by atoms with Gasteiger partial charge >= 0.3 is 0 Å². The van der Waals surface area contributed by atoms with Crippen LogP contribution in [0.1, 0.15) is 27.4 Å². The summed E-state index contributed by atoms with van der Waals surface area (Å²) in [6.07, 6.45) is 1.73. The first-order valence-electron chi connectivity index (χ1n) is 9.51. The van der Waals surface area contributed by atoms with E-state index in [1.807, 2.05) is 55.5 Å². The predicted molar refractivity (Wildman–Crippen MR) is 114 cm³/mol. The molecule has 0 bridgehead atoms. The lowest BCUT2D eigenvalue weighted by atomic mass is 10.1. The highest BCUT2D eigenvalue weighted by Crippen LogP contribution is 2.28. The van der Waals surface area contributed by atoms with Crippen LogP contribution in [0.25, 0.3) is 16.9 Å². The summed E-state index contributed by atoms with van der Waals surface area (Å²) in [5, 5.41) is 11.5. The molecule has 2 aromatic heterocycles. The molecule has 7 nitrogen and oxygen atoms in total. The molecule has 2 aromatic carbocycles. The number of methoxy groups -OCH3 is 1. The number of anilines is 1. The topological polar surface area (TPSA) is 82.2 Å². The number of benzene rings is 2. The minimum Gasteiger partial charge on any atom is -0.497 e. The minimum absolute atomic E-state index is 0.291. The van der Waals surface area contributed by atoms with Crippen molar-refractivity contribution in [3.8, 4) is 22.7 Å². The molecule has 30 heavy (non-hydrogen) atoms. The Morgan fingerprint density at radius 3 is 2.53 bits per heavy atom. The van der Waals surface area contributed by atoms with Crippen LogP contribution in [0.4, 0.5) is 5.69 Å². The van der Waals surface area contributed by atoms with E-state index in [1.54, 1.807) is 31.8 Å². The van der Waals surface area contributed by atoms with Crippen LogP contribution in [0.3, 0.4) is 0 Å². The first kappa shape index (κ1) is 19.4. The summed E-state index contributed by atoms with van der Waals surface area (Å²) in [7, 11) is 1.61. The molecule has 0 aliphatic heterocycles. The quantitative estimate of drug-likeness (QED) is 0.523.